The molecule has 1 N–H and O–H groups in total. The highest BCUT2D eigenvalue weighted by molar-refractivity contribution is 7.22. The number of rotatable bonds is 4. The fraction of sp³-hybridized carbons (Fsp3) is 0.400. The number of amides is 1. The molecule has 0 bridgehead atoms. The van der Waals surface area contributed by atoms with Gasteiger partial charge in [-0.1, -0.05) is 55.8 Å². The second kappa shape index (κ2) is 9.31. The lowest BCUT2D eigenvalue weighted by Crippen LogP contribution is -2.49. The first kappa shape index (κ1) is 23.5. The van der Waals surface area contributed by atoms with Crippen molar-refractivity contribution in [2.45, 2.75) is 40.0 Å². The molecule has 174 valence electrons. The van der Waals surface area contributed by atoms with E-state index in [4.69, 9.17) is 16.6 Å². The van der Waals surface area contributed by atoms with Gasteiger partial charge in [0.2, 0.25) is 5.13 Å². The van der Waals surface area contributed by atoms with Crippen LogP contribution in [-0.4, -0.2) is 47.7 Å². The van der Waals surface area contributed by atoms with E-state index >= 15 is 0 Å². The van der Waals surface area contributed by atoms with Crippen LogP contribution in [0.15, 0.2) is 41.5 Å². The number of hydrogen-bond donors (Lipinski definition) is 1. The molecule has 8 heteroatoms. The summed E-state index contributed by atoms with van der Waals surface area (Å²) in [4.78, 5) is 22.0. The van der Waals surface area contributed by atoms with Crippen molar-refractivity contribution in [3.05, 3.63) is 52.5 Å². The third-order valence-corrected chi connectivity index (χ3v) is 6.97. The van der Waals surface area contributed by atoms with E-state index in [1.165, 1.54) is 5.56 Å². The maximum absolute atomic E-state index is 13.1. The van der Waals surface area contributed by atoms with Gasteiger partial charge in [-0.25, -0.2) is 4.98 Å². The summed E-state index contributed by atoms with van der Waals surface area (Å²) in [5.41, 5.74) is 7.78. The molecule has 2 heterocycles. The molecule has 1 saturated heterocycles. The Balaban J connectivity index is 1.49. The van der Waals surface area contributed by atoms with Gasteiger partial charge in [0.05, 0.1) is 15.4 Å². The topological polar surface area (TPSA) is 60.8 Å². The number of carbonyl (C=O) groups excluding carboxylic acids is 1. The van der Waals surface area contributed by atoms with Crippen LogP contribution in [0, 0.1) is 0 Å². The molecule has 3 aromatic rings. The molecule has 4 rings (SSSR count). The lowest BCUT2D eigenvalue weighted by atomic mass is 9.86. The predicted molar refractivity (Wildman–Crippen MR) is 140 cm³/mol. The molecule has 1 aliphatic rings. The van der Waals surface area contributed by atoms with Crippen LogP contribution in [0.4, 0.5) is 10.8 Å². The molecule has 0 radical (unpaired) electrons. The van der Waals surface area contributed by atoms with Crippen LogP contribution in [0.25, 0.3) is 10.2 Å². The third-order valence-electron chi connectivity index (χ3n) is 5.74. The van der Waals surface area contributed by atoms with E-state index in [0.29, 0.717) is 31.2 Å². The van der Waals surface area contributed by atoms with E-state index in [1.807, 2.05) is 43.0 Å². The van der Waals surface area contributed by atoms with Crippen LogP contribution >= 0.6 is 22.9 Å². The minimum Gasteiger partial charge on any atom is -0.365 e. The number of benzene rings is 2. The summed E-state index contributed by atoms with van der Waals surface area (Å²) < 4.78 is 1.05. The van der Waals surface area contributed by atoms with Crippen LogP contribution in [0.5, 0.6) is 0 Å². The van der Waals surface area contributed by atoms with Crippen molar-refractivity contribution < 1.29 is 4.79 Å². The molecule has 1 fully saturated rings. The van der Waals surface area contributed by atoms with Crippen LogP contribution in [0.3, 0.4) is 0 Å². The Hall–Kier alpha value is -2.64. The minimum absolute atomic E-state index is 0.0697. The van der Waals surface area contributed by atoms with Crippen molar-refractivity contribution in [3.63, 3.8) is 0 Å². The summed E-state index contributed by atoms with van der Waals surface area (Å²) in [6.07, 6.45) is 0. The van der Waals surface area contributed by atoms with E-state index in [9.17, 15) is 4.79 Å². The molecule has 0 saturated carbocycles. The van der Waals surface area contributed by atoms with Crippen LogP contribution in [0.2, 0.25) is 5.02 Å². The highest BCUT2D eigenvalue weighted by Gasteiger charge is 2.26. The molecule has 0 spiro atoms. The number of piperazine rings is 1. The average molecular weight is 484 g/mol. The number of hydrogen-bond acceptors (Lipinski definition) is 6. The fourth-order valence-corrected chi connectivity index (χ4v) is 4.98. The van der Waals surface area contributed by atoms with Gasteiger partial charge in [0, 0.05) is 37.5 Å². The number of fused-ring (bicyclic) bond motifs is 1. The SMILES string of the molecule is CC(C)=NNc1nc2c(N3CCN(C(=O)c4ccc(C(C)(C)C)cc4)CC3)c(Cl)ccc2s1. The summed E-state index contributed by atoms with van der Waals surface area (Å²) in [6.45, 7) is 13.1. The fourth-order valence-electron chi connectivity index (χ4n) is 3.89. The molecule has 1 amide bonds. The number of aromatic nitrogens is 1. The number of hydrazone groups is 1. The van der Waals surface area contributed by atoms with Crippen LogP contribution in [-0.2, 0) is 5.41 Å². The quantitative estimate of drug-likeness (QED) is 0.364. The van der Waals surface area contributed by atoms with E-state index in [0.717, 1.165) is 32.3 Å². The zero-order chi connectivity index (χ0) is 23.8. The molecule has 0 unspecified atom stereocenters. The molecule has 0 aliphatic carbocycles. The van der Waals surface area contributed by atoms with Gasteiger partial charge in [-0.15, -0.1) is 0 Å². The molecular formula is C25H30ClN5OS. The maximum atomic E-state index is 13.1. The van der Waals surface area contributed by atoms with Gasteiger partial charge in [-0.3, -0.25) is 10.2 Å². The van der Waals surface area contributed by atoms with Crippen LogP contribution < -0.4 is 10.3 Å². The Labute approximate surface area is 204 Å². The summed E-state index contributed by atoms with van der Waals surface area (Å²) in [6, 6.07) is 11.9. The number of nitrogens with zero attached hydrogens (tertiary/aromatic N) is 4. The lowest BCUT2D eigenvalue weighted by Gasteiger charge is -2.36. The zero-order valence-corrected chi connectivity index (χ0v) is 21.3. The molecule has 1 aliphatic heterocycles. The second-order valence-corrected chi connectivity index (χ2v) is 11.0. The van der Waals surface area contributed by atoms with Gasteiger partial charge < -0.3 is 9.80 Å². The molecule has 1 aromatic heterocycles. The van der Waals surface area contributed by atoms with Crippen LogP contribution in [0.1, 0.15) is 50.5 Å². The Morgan fingerprint density at radius 3 is 2.33 bits per heavy atom. The summed E-state index contributed by atoms with van der Waals surface area (Å²) >= 11 is 8.17. The highest BCUT2D eigenvalue weighted by atomic mass is 35.5. The number of thiazole rings is 1. The number of halogens is 1. The molecule has 0 atom stereocenters. The zero-order valence-electron chi connectivity index (χ0n) is 19.8. The van der Waals surface area contributed by atoms with Gasteiger partial charge in [0.25, 0.3) is 5.91 Å². The monoisotopic (exact) mass is 483 g/mol. The van der Waals surface area contributed by atoms with Crippen molar-refractivity contribution in [1.29, 1.82) is 0 Å². The standard InChI is InChI=1S/C25H30ClN5OS/c1-16(2)28-29-24-27-21-20(33-24)11-10-19(26)22(21)30-12-14-31(15-13-30)23(32)17-6-8-18(9-7-17)25(3,4)5/h6-11H,12-15H2,1-5H3,(H,27,29). The predicted octanol–water partition coefficient (Wildman–Crippen LogP) is 6.02. The van der Waals surface area contributed by atoms with Gasteiger partial charge in [0.1, 0.15) is 5.52 Å². The van der Waals surface area contributed by atoms with Gasteiger partial charge in [0.15, 0.2) is 0 Å². The van der Waals surface area contributed by atoms with Crippen molar-refractivity contribution in [1.82, 2.24) is 9.88 Å². The smallest absolute Gasteiger partial charge is 0.253 e. The first-order valence-electron chi connectivity index (χ1n) is 11.1. The lowest BCUT2D eigenvalue weighted by molar-refractivity contribution is 0.0747. The molecule has 33 heavy (non-hydrogen) atoms. The Kier molecular flexibility index (Phi) is 6.64. The molecular weight excluding hydrogens is 454 g/mol. The van der Waals surface area contributed by atoms with Gasteiger partial charge in [-0.05, 0) is 49.1 Å². The normalized spacial score (nSPS) is 14.5. The van der Waals surface area contributed by atoms with E-state index in [1.54, 1.807) is 11.3 Å². The third kappa shape index (κ3) is 5.14. The summed E-state index contributed by atoms with van der Waals surface area (Å²) in [7, 11) is 0. The average Bonchev–Trinajstić information content (AvgIpc) is 3.20. The van der Waals surface area contributed by atoms with Crippen molar-refractivity contribution in [2.75, 3.05) is 36.5 Å². The van der Waals surface area contributed by atoms with E-state index in [-0.39, 0.29) is 11.3 Å². The van der Waals surface area contributed by atoms with Crippen molar-refractivity contribution >= 4 is 55.6 Å². The Morgan fingerprint density at radius 1 is 1.06 bits per heavy atom. The van der Waals surface area contributed by atoms with Crippen molar-refractivity contribution in [2.24, 2.45) is 5.10 Å². The maximum Gasteiger partial charge on any atom is 0.253 e. The molecule has 6 nitrogen and oxygen atoms in total. The minimum atomic E-state index is 0.0697. The summed E-state index contributed by atoms with van der Waals surface area (Å²) in [5, 5.41) is 5.67. The number of nitrogens with one attached hydrogen (secondary N) is 1. The van der Waals surface area contributed by atoms with E-state index < -0.39 is 0 Å². The molecule has 2 aromatic carbocycles. The largest absolute Gasteiger partial charge is 0.365 e. The number of anilines is 2. The van der Waals surface area contributed by atoms with Crippen molar-refractivity contribution in [3.8, 4) is 0 Å². The van der Waals surface area contributed by atoms with Gasteiger partial charge in [-0.2, -0.15) is 5.10 Å². The first-order chi connectivity index (χ1) is 15.6. The first-order valence-corrected chi connectivity index (χ1v) is 12.3. The Morgan fingerprint density at radius 2 is 1.73 bits per heavy atom. The van der Waals surface area contributed by atoms with E-state index in [2.05, 4.69) is 48.3 Å². The second-order valence-electron chi connectivity index (χ2n) is 9.54. The highest BCUT2D eigenvalue weighted by Crippen LogP contribution is 2.38. The number of carbonyl (C=O) groups is 1. The summed E-state index contributed by atoms with van der Waals surface area (Å²) in [5.74, 6) is 0.0763. The Bertz CT molecular complexity index is 1180. The van der Waals surface area contributed by atoms with Gasteiger partial charge >= 0.3 is 0 Å².